The molecule has 4 heterocycles. The van der Waals surface area contributed by atoms with E-state index >= 15 is 0 Å². The number of ether oxygens (including phenoxy) is 2. The molecule has 0 aromatic carbocycles. The van der Waals surface area contributed by atoms with Crippen molar-refractivity contribution in [3.63, 3.8) is 0 Å². The van der Waals surface area contributed by atoms with E-state index in [9.17, 15) is 0 Å². The number of nitrogens with one attached hydrogen (secondary N) is 1. The van der Waals surface area contributed by atoms with E-state index in [4.69, 9.17) is 9.47 Å². The maximum absolute atomic E-state index is 5.73. The minimum absolute atomic E-state index is 0.0353. The van der Waals surface area contributed by atoms with E-state index in [1.54, 1.807) is 11.3 Å². The van der Waals surface area contributed by atoms with Gasteiger partial charge in [-0.15, -0.1) is 10.2 Å². The maximum Gasteiger partial charge on any atom is 0.234 e. The van der Waals surface area contributed by atoms with Gasteiger partial charge in [0, 0.05) is 25.6 Å². The van der Waals surface area contributed by atoms with Crippen LogP contribution in [0.15, 0.2) is 0 Å². The first kappa shape index (κ1) is 11.7. The first-order valence-electron chi connectivity index (χ1n) is 6.54. The molecule has 19 heavy (non-hydrogen) atoms. The van der Waals surface area contributed by atoms with Crippen LogP contribution in [0.3, 0.4) is 0 Å². The first-order valence-corrected chi connectivity index (χ1v) is 7.35. The van der Waals surface area contributed by atoms with Crippen molar-refractivity contribution in [2.75, 3.05) is 32.9 Å². The third-order valence-corrected chi connectivity index (χ3v) is 4.52. The third-order valence-electron chi connectivity index (χ3n) is 3.53. The predicted molar refractivity (Wildman–Crippen MR) is 68.4 cm³/mol. The zero-order chi connectivity index (χ0) is 12.7. The summed E-state index contributed by atoms with van der Waals surface area (Å²) >= 11 is 1.56. The molecule has 2 unspecified atom stereocenters. The second-order valence-electron chi connectivity index (χ2n) is 4.82. The molecular weight excluding hydrogens is 266 g/mol. The monoisotopic (exact) mass is 281 g/mol. The summed E-state index contributed by atoms with van der Waals surface area (Å²) in [6.45, 7) is 3.96. The minimum atomic E-state index is 0.0353. The predicted octanol–water partition coefficient (Wildman–Crippen LogP) is 0.351. The van der Waals surface area contributed by atoms with Crippen LogP contribution in [0.1, 0.15) is 29.3 Å². The van der Waals surface area contributed by atoms with Gasteiger partial charge >= 0.3 is 0 Å². The Hall–Kier alpha value is -1.09. The molecule has 0 bridgehead atoms. The molecule has 7 nitrogen and oxygen atoms in total. The molecule has 0 aliphatic carbocycles. The fourth-order valence-corrected chi connectivity index (χ4v) is 3.39. The smallest absolute Gasteiger partial charge is 0.234 e. The Morgan fingerprint density at radius 2 is 2.32 bits per heavy atom. The van der Waals surface area contributed by atoms with Gasteiger partial charge < -0.3 is 14.8 Å². The highest BCUT2D eigenvalue weighted by Crippen LogP contribution is 2.28. The third kappa shape index (κ3) is 2.04. The number of fused-ring (bicyclic) bond motifs is 1. The van der Waals surface area contributed by atoms with E-state index in [-0.39, 0.29) is 6.10 Å². The van der Waals surface area contributed by atoms with Crippen LogP contribution < -0.4 is 5.32 Å². The van der Waals surface area contributed by atoms with Crippen molar-refractivity contribution in [1.82, 2.24) is 25.1 Å². The summed E-state index contributed by atoms with van der Waals surface area (Å²) in [7, 11) is 0. The van der Waals surface area contributed by atoms with Gasteiger partial charge in [0.2, 0.25) is 4.96 Å². The summed E-state index contributed by atoms with van der Waals surface area (Å²) in [6, 6.07) is 0. The standard InChI is InChI=1S/C11H15N5O2S/c1-3-17-6-7(1)9-13-14-11-16(9)15-10(19-11)8-5-12-2-4-18-8/h7-8,12H,1-6H2. The highest BCUT2D eigenvalue weighted by molar-refractivity contribution is 7.16. The zero-order valence-electron chi connectivity index (χ0n) is 10.4. The molecule has 1 N–H and O–H groups in total. The van der Waals surface area contributed by atoms with Gasteiger partial charge in [-0.1, -0.05) is 11.3 Å². The number of aromatic nitrogens is 4. The molecule has 2 aliphatic heterocycles. The summed E-state index contributed by atoms with van der Waals surface area (Å²) in [5.74, 6) is 1.23. The number of rotatable bonds is 2. The van der Waals surface area contributed by atoms with Crippen molar-refractivity contribution in [2.24, 2.45) is 0 Å². The molecule has 2 fully saturated rings. The van der Waals surface area contributed by atoms with Crippen LogP contribution >= 0.6 is 11.3 Å². The van der Waals surface area contributed by atoms with Crippen molar-refractivity contribution in [2.45, 2.75) is 18.4 Å². The molecule has 2 atom stereocenters. The Balaban J connectivity index is 1.67. The summed E-state index contributed by atoms with van der Waals surface area (Å²) < 4.78 is 13.0. The summed E-state index contributed by atoms with van der Waals surface area (Å²) in [4.78, 5) is 0.839. The van der Waals surface area contributed by atoms with Gasteiger partial charge in [-0.05, 0) is 6.42 Å². The van der Waals surface area contributed by atoms with Crippen molar-refractivity contribution >= 4 is 16.3 Å². The van der Waals surface area contributed by atoms with Gasteiger partial charge in [-0.2, -0.15) is 9.61 Å². The lowest BCUT2D eigenvalue weighted by molar-refractivity contribution is 0.0270. The van der Waals surface area contributed by atoms with Gasteiger partial charge in [0.05, 0.1) is 13.2 Å². The van der Waals surface area contributed by atoms with Crippen LogP contribution in [0.4, 0.5) is 0 Å². The SMILES string of the molecule is C1COC(c2nn3c(C4CCOC4)nnc3s2)CN1. The average molecular weight is 281 g/mol. The Morgan fingerprint density at radius 1 is 1.32 bits per heavy atom. The molecule has 2 aromatic heterocycles. The van der Waals surface area contributed by atoms with E-state index in [0.29, 0.717) is 5.92 Å². The highest BCUT2D eigenvalue weighted by atomic mass is 32.1. The van der Waals surface area contributed by atoms with Crippen molar-refractivity contribution < 1.29 is 9.47 Å². The molecular formula is C11H15N5O2S. The summed E-state index contributed by atoms with van der Waals surface area (Å²) in [5.41, 5.74) is 0. The minimum Gasteiger partial charge on any atom is -0.381 e. The van der Waals surface area contributed by atoms with E-state index < -0.39 is 0 Å². The van der Waals surface area contributed by atoms with Crippen molar-refractivity contribution in [1.29, 1.82) is 0 Å². The van der Waals surface area contributed by atoms with Gasteiger partial charge in [-0.3, -0.25) is 0 Å². The fraction of sp³-hybridized carbons (Fsp3) is 0.727. The van der Waals surface area contributed by atoms with Crippen LogP contribution in [0.2, 0.25) is 0 Å². The second kappa shape index (κ2) is 4.78. The molecule has 0 saturated carbocycles. The van der Waals surface area contributed by atoms with E-state index in [1.807, 2.05) is 4.52 Å². The Kier molecular flexibility index (Phi) is 2.95. The van der Waals surface area contributed by atoms with Crippen molar-refractivity contribution in [3.8, 4) is 0 Å². The number of hydrogen-bond acceptors (Lipinski definition) is 7. The number of nitrogens with zero attached hydrogens (tertiary/aromatic N) is 4. The largest absolute Gasteiger partial charge is 0.381 e. The molecule has 102 valence electrons. The van der Waals surface area contributed by atoms with Crippen LogP contribution in [-0.4, -0.2) is 52.7 Å². The van der Waals surface area contributed by atoms with Crippen LogP contribution in [0, 0.1) is 0 Å². The molecule has 4 rings (SSSR count). The molecule has 2 aromatic rings. The molecule has 0 spiro atoms. The highest BCUT2D eigenvalue weighted by Gasteiger charge is 2.27. The van der Waals surface area contributed by atoms with Crippen LogP contribution in [0.5, 0.6) is 0 Å². The van der Waals surface area contributed by atoms with E-state index in [0.717, 1.165) is 55.1 Å². The first-order chi connectivity index (χ1) is 9.42. The van der Waals surface area contributed by atoms with Gasteiger partial charge in [0.1, 0.15) is 11.1 Å². The molecule has 8 heteroatoms. The number of morpholine rings is 1. The average Bonchev–Trinajstić information content (AvgIpc) is 3.15. The maximum atomic E-state index is 5.73. The lowest BCUT2D eigenvalue weighted by Crippen LogP contribution is -2.33. The van der Waals surface area contributed by atoms with Crippen LogP contribution in [-0.2, 0) is 9.47 Å². The summed E-state index contributed by atoms with van der Waals surface area (Å²) in [5, 5.41) is 17.4. The lowest BCUT2D eigenvalue weighted by atomic mass is 10.1. The van der Waals surface area contributed by atoms with Crippen LogP contribution in [0.25, 0.3) is 4.96 Å². The summed E-state index contributed by atoms with van der Waals surface area (Å²) in [6.07, 6.45) is 1.03. The van der Waals surface area contributed by atoms with Crippen molar-refractivity contribution in [3.05, 3.63) is 10.8 Å². The van der Waals surface area contributed by atoms with E-state index in [1.165, 1.54) is 0 Å². The van der Waals surface area contributed by atoms with Gasteiger partial charge in [-0.25, -0.2) is 0 Å². The molecule has 0 amide bonds. The van der Waals surface area contributed by atoms with Gasteiger partial charge in [0.15, 0.2) is 5.82 Å². The lowest BCUT2D eigenvalue weighted by Gasteiger charge is -2.21. The fourth-order valence-electron chi connectivity index (χ4n) is 2.49. The topological polar surface area (TPSA) is 73.6 Å². The molecule has 2 saturated heterocycles. The Labute approximate surface area is 113 Å². The number of hydrogen-bond donors (Lipinski definition) is 1. The zero-order valence-corrected chi connectivity index (χ0v) is 11.2. The second-order valence-corrected chi connectivity index (χ2v) is 5.80. The quantitative estimate of drug-likeness (QED) is 0.856. The Bertz CT molecular complexity index is 571. The normalized spacial score (nSPS) is 28.2. The molecule has 0 radical (unpaired) electrons. The van der Waals surface area contributed by atoms with E-state index in [2.05, 4.69) is 20.6 Å². The molecule has 2 aliphatic rings. The van der Waals surface area contributed by atoms with Gasteiger partial charge in [0.25, 0.3) is 0 Å². The Morgan fingerprint density at radius 3 is 3.11 bits per heavy atom.